The predicted octanol–water partition coefficient (Wildman–Crippen LogP) is 1.70. The van der Waals surface area contributed by atoms with Crippen LogP contribution in [-0.2, 0) is 6.42 Å². The van der Waals surface area contributed by atoms with Crippen LogP contribution < -0.4 is 5.73 Å². The second kappa shape index (κ2) is 4.37. The van der Waals surface area contributed by atoms with Gasteiger partial charge >= 0.3 is 0 Å². The van der Waals surface area contributed by atoms with Crippen molar-refractivity contribution in [2.75, 3.05) is 6.54 Å². The minimum atomic E-state index is -0.277. The molecule has 84 valence electrons. The molecule has 15 heavy (non-hydrogen) atoms. The van der Waals surface area contributed by atoms with Crippen LogP contribution in [0, 0.1) is 5.41 Å². The van der Waals surface area contributed by atoms with E-state index >= 15 is 0 Å². The second-order valence-electron chi connectivity index (χ2n) is 4.58. The fraction of sp³-hybridized carbons (Fsp3) is 0.667. The van der Waals surface area contributed by atoms with Crippen molar-refractivity contribution in [1.82, 2.24) is 0 Å². The normalized spacial score (nSPS) is 31.7. The van der Waals surface area contributed by atoms with Gasteiger partial charge in [-0.1, -0.05) is 12.8 Å². The molecule has 0 aliphatic heterocycles. The number of rotatable bonds is 3. The molecule has 0 saturated heterocycles. The molecule has 1 aliphatic rings. The first-order valence-corrected chi connectivity index (χ1v) is 5.67. The number of furan rings is 1. The molecule has 2 atom stereocenters. The van der Waals surface area contributed by atoms with E-state index in [0.717, 1.165) is 37.9 Å². The van der Waals surface area contributed by atoms with Crippen molar-refractivity contribution in [3.63, 3.8) is 0 Å². The van der Waals surface area contributed by atoms with Crippen LogP contribution in [0.3, 0.4) is 0 Å². The maximum atomic E-state index is 10.1. The van der Waals surface area contributed by atoms with Crippen molar-refractivity contribution < 1.29 is 9.52 Å². The molecule has 0 amide bonds. The van der Waals surface area contributed by atoms with Gasteiger partial charge in [-0.25, -0.2) is 0 Å². The Morgan fingerprint density at radius 3 is 3.00 bits per heavy atom. The molecular weight excluding hydrogens is 190 g/mol. The van der Waals surface area contributed by atoms with Gasteiger partial charge in [0, 0.05) is 18.4 Å². The first kappa shape index (κ1) is 10.7. The lowest BCUT2D eigenvalue weighted by Crippen LogP contribution is -2.45. The monoisotopic (exact) mass is 209 g/mol. The maximum Gasteiger partial charge on any atom is 0.104 e. The lowest BCUT2D eigenvalue weighted by molar-refractivity contribution is -0.00886. The molecule has 3 nitrogen and oxygen atoms in total. The zero-order chi connectivity index (χ0) is 10.7. The minimum Gasteiger partial charge on any atom is -0.469 e. The summed E-state index contributed by atoms with van der Waals surface area (Å²) in [6.07, 6.45) is 6.31. The van der Waals surface area contributed by atoms with Crippen LogP contribution in [0.15, 0.2) is 22.8 Å². The molecule has 0 bridgehead atoms. The molecule has 0 aromatic carbocycles. The zero-order valence-electron chi connectivity index (χ0n) is 8.98. The summed E-state index contributed by atoms with van der Waals surface area (Å²) >= 11 is 0. The Morgan fingerprint density at radius 2 is 2.40 bits per heavy atom. The van der Waals surface area contributed by atoms with Crippen LogP contribution in [0.25, 0.3) is 0 Å². The van der Waals surface area contributed by atoms with Gasteiger partial charge in [0.15, 0.2) is 0 Å². The van der Waals surface area contributed by atoms with Crippen molar-refractivity contribution in [2.24, 2.45) is 11.1 Å². The fourth-order valence-electron chi connectivity index (χ4n) is 2.56. The number of hydrogen-bond donors (Lipinski definition) is 2. The Morgan fingerprint density at radius 1 is 1.53 bits per heavy atom. The lowest BCUT2D eigenvalue weighted by Gasteiger charge is -2.40. The van der Waals surface area contributed by atoms with Gasteiger partial charge < -0.3 is 15.3 Å². The summed E-state index contributed by atoms with van der Waals surface area (Å²) in [7, 11) is 0. The van der Waals surface area contributed by atoms with Crippen LogP contribution in [-0.4, -0.2) is 17.8 Å². The fourth-order valence-corrected chi connectivity index (χ4v) is 2.56. The third-order valence-electron chi connectivity index (χ3n) is 3.62. The molecule has 1 fully saturated rings. The summed E-state index contributed by atoms with van der Waals surface area (Å²) in [5.41, 5.74) is 5.69. The molecule has 3 N–H and O–H groups in total. The Balaban J connectivity index is 2.13. The Bertz CT molecular complexity index is 297. The Hall–Kier alpha value is -0.800. The SMILES string of the molecule is NCC1(Cc2ccco2)CCCCC1O. The summed E-state index contributed by atoms with van der Waals surface area (Å²) in [5.74, 6) is 0.932. The van der Waals surface area contributed by atoms with E-state index in [-0.39, 0.29) is 11.5 Å². The highest BCUT2D eigenvalue weighted by atomic mass is 16.3. The van der Waals surface area contributed by atoms with Gasteiger partial charge in [0.05, 0.1) is 12.4 Å². The third kappa shape index (κ3) is 2.08. The quantitative estimate of drug-likeness (QED) is 0.796. The summed E-state index contributed by atoms with van der Waals surface area (Å²) in [6.45, 7) is 0.537. The molecule has 1 aliphatic carbocycles. The minimum absolute atomic E-state index is 0.157. The summed E-state index contributed by atoms with van der Waals surface area (Å²) in [6, 6.07) is 3.84. The van der Waals surface area contributed by atoms with E-state index < -0.39 is 0 Å². The van der Waals surface area contributed by atoms with Gasteiger partial charge in [-0.15, -0.1) is 0 Å². The van der Waals surface area contributed by atoms with Gasteiger partial charge in [0.25, 0.3) is 0 Å². The highest BCUT2D eigenvalue weighted by molar-refractivity contribution is 5.05. The van der Waals surface area contributed by atoms with Gasteiger partial charge in [-0.3, -0.25) is 0 Å². The van der Waals surface area contributed by atoms with Crippen molar-refractivity contribution in [1.29, 1.82) is 0 Å². The van der Waals surface area contributed by atoms with E-state index in [1.54, 1.807) is 6.26 Å². The van der Waals surface area contributed by atoms with Crippen molar-refractivity contribution >= 4 is 0 Å². The molecule has 0 spiro atoms. The van der Waals surface area contributed by atoms with Crippen LogP contribution in [0.5, 0.6) is 0 Å². The first-order valence-electron chi connectivity index (χ1n) is 5.67. The highest BCUT2D eigenvalue weighted by Crippen LogP contribution is 2.38. The van der Waals surface area contributed by atoms with Gasteiger partial charge in [0.2, 0.25) is 0 Å². The van der Waals surface area contributed by atoms with E-state index in [9.17, 15) is 5.11 Å². The molecule has 1 aromatic rings. The Labute approximate surface area is 90.3 Å². The average Bonchev–Trinajstić information content (AvgIpc) is 2.74. The van der Waals surface area contributed by atoms with Crippen molar-refractivity contribution in [3.05, 3.63) is 24.2 Å². The number of aliphatic hydroxyl groups excluding tert-OH is 1. The predicted molar refractivity (Wildman–Crippen MR) is 58.4 cm³/mol. The topological polar surface area (TPSA) is 59.4 Å². The van der Waals surface area contributed by atoms with E-state index in [2.05, 4.69) is 0 Å². The van der Waals surface area contributed by atoms with Gasteiger partial charge in [-0.2, -0.15) is 0 Å². The molecule has 1 heterocycles. The lowest BCUT2D eigenvalue weighted by atomic mass is 9.69. The van der Waals surface area contributed by atoms with Crippen LogP contribution in [0.2, 0.25) is 0 Å². The number of nitrogens with two attached hydrogens (primary N) is 1. The van der Waals surface area contributed by atoms with Crippen LogP contribution in [0.1, 0.15) is 31.4 Å². The summed E-state index contributed by atoms with van der Waals surface area (Å²) in [4.78, 5) is 0. The molecule has 2 unspecified atom stereocenters. The summed E-state index contributed by atoms with van der Waals surface area (Å²) < 4.78 is 5.34. The molecule has 2 rings (SSSR count). The van der Waals surface area contributed by atoms with E-state index in [1.165, 1.54) is 0 Å². The van der Waals surface area contributed by atoms with E-state index in [4.69, 9.17) is 10.2 Å². The van der Waals surface area contributed by atoms with E-state index in [1.807, 2.05) is 12.1 Å². The highest BCUT2D eigenvalue weighted by Gasteiger charge is 2.39. The standard InChI is InChI=1S/C12H19NO2/c13-9-12(6-2-1-5-11(12)14)8-10-4-3-7-15-10/h3-4,7,11,14H,1-2,5-6,8-9,13H2. The van der Waals surface area contributed by atoms with Crippen LogP contribution in [0.4, 0.5) is 0 Å². The molecule has 1 saturated carbocycles. The maximum absolute atomic E-state index is 10.1. The van der Waals surface area contributed by atoms with E-state index in [0.29, 0.717) is 6.54 Å². The molecule has 0 radical (unpaired) electrons. The molecule has 1 aromatic heterocycles. The first-order chi connectivity index (χ1) is 7.27. The Kier molecular flexibility index (Phi) is 3.12. The second-order valence-corrected chi connectivity index (χ2v) is 4.58. The molecule has 3 heteroatoms. The largest absolute Gasteiger partial charge is 0.469 e. The average molecular weight is 209 g/mol. The van der Waals surface area contributed by atoms with Crippen molar-refractivity contribution in [2.45, 2.75) is 38.2 Å². The number of aliphatic hydroxyl groups is 1. The zero-order valence-corrected chi connectivity index (χ0v) is 8.98. The smallest absolute Gasteiger partial charge is 0.104 e. The number of hydrogen-bond acceptors (Lipinski definition) is 3. The third-order valence-corrected chi connectivity index (χ3v) is 3.62. The summed E-state index contributed by atoms with van der Waals surface area (Å²) in [5, 5.41) is 10.1. The molecular formula is C12H19NO2. The van der Waals surface area contributed by atoms with Gasteiger partial charge in [0.1, 0.15) is 5.76 Å². The van der Waals surface area contributed by atoms with Crippen molar-refractivity contribution in [3.8, 4) is 0 Å². The van der Waals surface area contributed by atoms with Gasteiger partial charge in [-0.05, 0) is 25.0 Å². The van der Waals surface area contributed by atoms with Crippen LogP contribution >= 0.6 is 0 Å².